The van der Waals surface area contributed by atoms with Gasteiger partial charge in [-0.15, -0.1) is 0 Å². The van der Waals surface area contributed by atoms with E-state index < -0.39 is 11.8 Å². The van der Waals surface area contributed by atoms with Gasteiger partial charge in [0.15, 0.2) is 6.10 Å². The summed E-state index contributed by atoms with van der Waals surface area (Å²) in [4.78, 5) is 11.9. The molecule has 0 amide bonds. The lowest BCUT2D eigenvalue weighted by Crippen LogP contribution is -2.54. The molecular formula is C29H44O5. The minimum absolute atomic E-state index is 0.0518. The fourth-order valence-electron chi connectivity index (χ4n) is 11.6. The molecule has 5 nitrogen and oxygen atoms in total. The highest BCUT2D eigenvalue weighted by Crippen LogP contribution is 2.87. The number of rotatable bonds is 1. The highest BCUT2D eigenvalue weighted by molar-refractivity contribution is 5.63. The minimum Gasteiger partial charge on any atom is -0.424 e. The lowest BCUT2D eigenvalue weighted by Gasteiger charge is -2.59. The zero-order valence-corrected chi connectivity index (χ0v) is 21.8. The van der Waals surface area contributed by atoms with Crippen molar-refractivity contribution in [3.05, 3.63) is 0 Å². The maximum Gasteiger partial charge on any atom is 0.509 e. The van der Waals surface area contributed by atoms with Crippen molar-refractivity contribution in [1.29, 1.82) is 0 Å². The molecule has 5 heteroatoms. The summed E-state index contributed by atoms with van der Waals surface area (Å²) >= 11 is 0. The molecule has 2 aliphatic heterocycles. The average molecular weight is 473 g/mol. The van der Waals surface area contributed by atoms with Crippen LogP contribution in [0, 0.1) is 45.3 Å². The molecule has 0 aromatic heterocycles. The second-order valence-corrected chi connectivity index (χ2v) is 14.8. The SMILES string of the molecule is CC12CC[C@@]34CC35CC[C@H](O)C(C)(C)C5CCC4C1CC1OC([C@@H]3OC(=O)OC3(C)C)CCC12. The van der Waals surface area contributed by atoms with Crippen LogP contribution in [0.2, 0.25) is 0 Å². The van der Waals surface area contributed by atoms with Gasteiger partial charge in [-0.25, -0.2) is 4.79 Å². The number of cyclic esters (lactones) is 2. The topological polar surface area (TPSA) is 65.0 Å². The Kier molecular flexibility index (Phi) is 4.31. The molecule has 11 atom stereocenters. The molecule has 190 valence electrons. The van der Waals surface area contributed by atoms with E-state index in [1.54, 1.807) is 0 Å². The first kappa shape index (κ1) is 22.4. The molecule has 0 bridgehead atoms. The third-order valence-electron chi connectivity index (χ3n) is 13.2. The first-order valence-corrected chi connectivity index (χ1v) is 14.2. The molecule has 7 rings (SSSR count). The number of hydrogen-bond donors (Lipinski definition) is 1. The predicted octanol–water partition coefficient (Wildman–Crippen LogP) is 5.87. The van der Waals surface area contributed by atoms with Crippen molar-refractivity contribution >= 4 is 6.16 Å². The highest BCUT2D eigenvalue weighted by Gasteiger charge is 2.80. The van der Waals surface area contributed by atoms with Gasteiger partial charge in [0, 0.05) is 0 Å². The fraction of sp³-hybridized carbons (Fsp3) is 0.966. The Bertz CT molecular complexity index is 912. The van der Waals surface area contributed by atoms with Crippen molar-refractivity contribution in [2.24, 2.45) is 45.3 Å². The lowest BCUT2D eigenvalue weighted by atomic mass is 9.46. The van der Waals surface area contributed by atoms with Crippen LogP contribution in [0.3, 0.4) is 0 Å². The van der Waals surface area contributed by atoms with E-state index in [0.717, 1.165) is 24.7 Å². The predicted molar refractivity (Wildman–Crippen MR) is 127 cm³/mol. The van der Waals surface area contributed by atoms with Gasteiger partial charge >= 0.3 is 6.16 Å². The Morgan fingerprint density at radius 2 is 1.59 bits per heavy atom. The van der Waals surface area contributed by atoms with Gasteiger partial charge < -0.3 is 19.3 Å². The van der Waals surface area contributed by atoms with Crippen LogP contribution in [0.5, 0.6) is 0 Å². The van der Waals surface area contributed by atoms with E-state index >= 15 is 0 Å². The van der Waals surface area contributed by atoms with Crippen LogP contribution in [-0.4, -0.2) is 41.3 Å². The van der Waals surface area contributed by atoms with Crippen LogP contribution >= 0.6 is 0 Å². The van der Waals surface area contributed by atoms with E-state index in [4.69, 9.17) is 14.2 Å². The largest absolute Gasteiger partial charge is 0.509 e. The van der Waals surface area contributed by atoms with Gasteiger partial charge in [0.25, 0.3) is 0 Å². The fourth-order valence-corrected chi connectivity index (χ4v) is 11.6. The normalized spacial score (nSPS) is 58.4. The van der Waals surface area contributed by atoms with Gasteiger partial charge in [0.1, 0.15) is 5.60 Å². The van der Waals surface area contributed by atoms with Crippen molar-refractivity contribution < 1.29 is 24.1 Å². The first-order valence-electron chi connectivity index (χ1n) is 14.2. The molecule has 7 aliphatic rings. The highest BCUT2D eigenvalue weighted by atomic mass is 16.8. The van der Waals surface area contributed by atoms with E-state index in [0.29, 0.717) is 28.1 Å². The lowest BCUT2D eigenvalue weighted by molar-refractivity contribution is -0.148. The van der Waals surface area contributed by atoms with Gasteiger partial charge in [-0.05, 0) is 123 Å². The van der Waals surface area contributed by atoms with Crippen LogP contribution in [0.25, 0.3) is 0 Å². The van der Waals surface area contributed by atoms with Gasteiger partial charge in [-0.3, -0.25) is 0 Å². The summed E-state index contributed by atoms with van der Waals surface area (Å²) in [5.74, 6) is 2.89. The van der Waals surface area contributed by atoms with Gasteiger partial charge in [0.05, 0.1) is 18.3 Å². The van der Waals surface area contributed by atoms with Gasteiger partial charge in [-0.2, -0.15) is 0 Å². The molecule has 2 heterocycles. The zero-order chi connectivity index (χ0) is 23.9. The van der Waals surface area contributed by atoms with Crippen molar-refractivity contribution in [1.82, 2.24) is 0 Å². The first-order chi connectivity index (χ1) is 15.9. The van der Waals surface area contributed by atoms with E-state index in [1.165, 1.54) is 51.4 Å². The van der Waals surface area contributed by atoms with Gasteiger partial charge in [0.2, 0.25) is 0 Å². The van der Waals surface area contributed by atoms with E-state index in [9.17, 15) is 9.90 Å². The monoisotopic (exact) mass is 472 g/mol. The minimum atomic E-state index is -0.620. The van der Waals surface area contributed by atoms with E-state index in [1.807, 2.05) is 13.8 Å². The summed E-state index contributed by atoms with van der Waals surface area (Å²) in [6.45, 7) is 11.2. The Balaban J connectivity index is 1.14. The summed E-state index contributed by atoms with van der Waals surface area (Å²) in [6.07, 6.45) is 11.6. The molecule has 2 spiro atoms. The molecule has 5 saturated carbocycles. The van der Waals surface area contributed by atoms with Crippen LogP contribution in [0.15, 0.2) is 0 Å². The molecule has 0 radical (unpaired) electrons. The van der Waals surface area contributed by atoms with Crippen molar-refractivity contribution in [2.75, 3.05) is 0 Å². The molecule has 5 aliphatic carbocycles. The molecule has 1 N–H and O–H groups in total. The van der Waals surface area contributed by atoms with E-state index in [-0.39, 0.29) is 29.8 Å². The standard InChI is InChI=1S/C29H44O5/c1-25(2)21-9-7-16-18-14-20-17(6-8-19(32-20)23-26(3,4)34-24(31)33-23)27(18,5)12-13-28(16)15-29(21,28)11-10-22(25)30/h16-23,30H,6-15H2,1-5H3/t16?,17?,18?,19?,20?,21?,22-,23-,27?,28-,29?/m0/s1. The Morgan fingerprint density at radius 3 is 2.32 bits per heavy atom. The second kappa shape index (κ2) is 6.54. The van der Waals surface area contributed by atoms with Gasteiger partial charge in [-0.1, -0.05) is 20.8 Å². The van der Waals surface area contributed by atoms with Crippen molar-refractivity contribution in [3.63, 3.8) is 0 Å². The molecular weight excluding hydrogens is 428 g/mol. The smallest absolute Gasteiger partial charge is 0.424 e. The summed E-state index contributed by atoms with van der Waals surface area (Å²) in [6, 6.07) is 0. The van der Waals surface area contributed by atoms with Crippen LogP contribution in [0.1, 0.15) is 98.8 Å². The number of fused-ring (bicyclic) bond motifs is 4. The summed E-state index contributed by atoms with van der Waals surface area (Å²) < 4.78 is 17.9. The maximum absolute atomic E-state index is 11.9. The Labute approximate surface area is 204 Å². The summed E-state index contributed by atoms with van der Waals surface area (Å²) in [7, 11) is 0. The number of carbonyl (C=O) groups is 1. The second-order valence-electron chi connectivity index (χ2n) is 14.8. The molecule has 34 heavy (non-hydrogen) atoms. The number of aliphatic hydroxyl groups excluding tert-OH is 1. The van der Waals surface area contributed by atoms with Crippen molar-refractivity contribution in [3.8, 4) is 0 Å². The summed E-state index contributed by atoms with van der Waals surface area (Å²) in [5.41, 5.74) is 0.841. The number of ether oxygens (including phenoxy) is 3. The number of carbonyl (C=O) groups excluding carboxylic acids is 1. The summed E-state index contributed by atoms with van der Waals surface area (Å²) in [5, 5.41) is 10.8. The van der Waals surface area contributed by atoms with Crippen LogP contribution < -0.4 is 0 Å². The molecule has 0 aromatic rings. The zero-order valence-electron chi connectivity index (χ0n) is 21.8. The number of hydrogen-bond acceptors (Lipinski definition) is 5. The average Bonchev–Trinajstić information content (AvgIpc) is 3.22. The Morgan fingerprint density at radius 1 is 0.824 bits per heavy atom. The molecule has 7 fully saturated rings. The molecule has 8 unspecified atom stereocenters. The third-order valence-corrected chi connectivity index (χ3v) is 13.2. The van der Waals surface area contributed by atoms with E-state index in [2.05, 4.69) is 20.8 Å². The third kappa shape index (κ3) is 2.52. The number of aliphatic hydroxyl groups is 1. The maximum atomic E-state index is 11.9. The van der Waals surface area contributed by atoms with Crippen LogP contribution in [-0.2, 0) is 14.2 Å². The Hall–Kier alpha value is -0.810. The quantitative estimate of drug-likeness (QED) is 0.484. The van der Waals surface area contributed by atoms with Crippen LogP contribution in [0.4, 0.5) is 4.79 Å². The molecule has 2 saturated heterocycles. The molecule has 0 aromatic carbocycles. The van der Waals surface area contributed by atoms with Crippen molar-refractivity contribution in [2.45, 2.75) is 129 Å².